The Morgan fingerprint density at radius 1 is 1.47 bits per heavy atom. The minimum absolute atomic E-state index is 0.363. The molecule has 0 saturated heterocycles. The van der Waals surface area contributed by atoms with Crippen LogP contribution in [0, 0.1) is 0 Å². The van der Waals surface area contributed by atoms with Crippen LogP contribution in [0.2, 0.25) is 5.02 Å². The predicted molar refractivity (Wildman–Crippen MR) is 62.8 cm³/mol. The van der Waals surface area contributed by atoms with Crippen LogP contribution in [0.4, 0.5) is 0 Å². The van der Waals surface area contributed by atoms with Gasteiger partial charge in [0.1, 0.15) is 5.75 Å². The van der Waals surface area contributed by atoms with Gasteiger partial charge in [-0.25, -0.2) is 0 Å². The van der Waals surface area contributed by atoms with Crippen LogP contribution in [0.25, 0.3) is 0 Å². The fraction of sp³-hybridized carbons (Fsp3) is 0.500. The van der Waals surface area contributed by atoms with Crippen LogP contribution in [0.1, 0.15) is 25.0 Å². The Kier molecular flexibility index (Phi) is 4.43. The fourth-order valence-corrected chi connectivity index (χ4v) is 1.98. The molecule has 84 valence electrons. The topological polar surface area (TPSA) is 29.5 Å². The molecule has 1 N–H and O–H groups in total. The summed E-state index contributed by atoms with van der Waals surface area (Å²) >= 11 is 5.98. The number of methoxy groups -OCH3 is 1. The number of aliphatic hydroxyl groups excluding tert-OH is 1. The van der Waals surface area contributed by atoms with Crippen LogP contribution in [-0.2, 0) is 12.8 Å². The van der Waals surface area contributed by atoms with E-state index < -0.39 is 0 Å². The summed E-state index contributed by atoms with van der Waals surface area (Å²) < 4.78 is 5.27. The quantitative estimate of drug-likeness (QED) is 0.859. The molecule has 1 unspecified atom stereocenters. The maximum Gasteiger partial charge on any atom is 0.123 e. The molecule has 0 bridgehead atoms. The van der Waals surface area contributed by atoms with Crippen LogP contribution in [0.15, 0.2) is 12.1 Å². The van der Waals surface area contributed by atoms with Crippen molar-refractivity contribution in [2.45, 2.75) is 32.8 Å². The van der Waals surface area contributed by atoms with Gasteiger partial charge in [-0.2, -0.15) is 0 Å². The molecule has 0 saturated carbocycles. The highest BCUT2D eigenvalue weighted by Crippen LogP contribution is 2.28. The number of ether oxygens (including phenoxy) is 1. The molecule has 0 aromatic heterocycles. The van der Waals surface area contributed by atoms with Crippen molar-refractivity contribution in [3.63, 3.8) is 0 Å². The molecule has 0 fully saturated rings. The Labute approximate surface area is 95.8 Å². The van der Waals surface area contributed by atoms with Gasteiger partial charge in [-0.15, -0.1) is 0 Å². The molecule has 0 radical (unpaired) electrons. The van der Waals surface area contributed by atoms with Crippen LogP contribution in [0.5, 0.6) is 5.75 Å². The first-order valence-corrected chi connectivity index (χ1v) is 5.49. The summed E-state index contributed by atoms with van der Waals surface area (Å²) in [7, 11) is 1.64. The summed E-state index contributed by atoms with van der Waals surface area (Å²) in [4.78, 5) is 0. The molecule has 1 atom stereocenters. The number of aliphatic hydroxyl groups is 1. The highest BCUT2D eigenvalue weighted by molar-refractivity contribution is 6.30. The van der Waals surface area contributed by atoms with Gasteiger partial charge in [-0.05, 0) is 43.0 Å². The molecule has 1 rings (SSSR count). The first kappa shape index (κ1) is 12.3. The van der Waals surface area contributed by atoms with Gasteiger partial charge in [0.2, 0.25) is 0 Å². The lowest BCUT2D eigenvalue weighted by molar-refractivity contribution is 0.195. The minimum Gasteiger partial charge on any atom is -0.496 e. The zero-order valence-corrected chi connectivity index (χ0v) is 10.1. The van der Waals surface area contributed by atoms with Crippen LogP contribution >= 0.6 is 11.6 Å². The van der Waals surface area contributed by atoms with Crippen molar-refractivity contribution in [1.82, 2.24) is 0 Å². The standard InChI is InChI=1S/C12H17ClO2/c1-4-11-9(5-8(2)14)6-10(13)7-12(11)15-3/h6-8,14H,4-5H2,1-3H3. The number of benzene rings is 1. The fourth-order valence-electron chi connectivity index (χ4n) is 1.75. The molecule has 0 spiro atoms. The Hall–Kier alpha value is -0.730. The van der Waals surface area contributed by atoms with E-state index in [0.717, 1.165) is 23.3 Å². The smallest absolute Gasteiger partial charge is 0.123 e. The molecule has 1 aromatic rings. The Morgan fingerprint density at radius 2 is 2.13 bits per heavy atom. The largest absolute Gasteiger partial charge is 0.496 e. The van der Waals surface area contributed by atoms with Crippen LogP contribution < -0.4 is 4.74 Å². The highest BCUT2D eigenvalue weighted by atomic mass is 35.5. The van der Waals surface area contributed by atoms with Gasteiger partial charge in [0.15, 0.2) is 0 Å². The summed E-state index contributed by atoms with van der Waals surface area (Å²) in [6.07, 6.45) is 1.13. The second kappa shape index (κ2) is 5.38. The maximum absolute atomic E-state index is 9.40. The van der Waals surface area contributed by atoms with E-state index in [2.05, 4.69) is 6.92 Å². The third-order valence-electron chi connectivity index (χ3n) is 2.35. The van der Waals surface area contributed by atoms with Crippen molar-refractivity contribution in [2.75, 3.05) is 7.11 Å². The minimum atomic E-state index is -0.363. The lowest BCUT2D eigenvalue weighted by Gasteiger charge is -2.14. The molecular weight excluding hydrogens is 212 g/mol. The molecule has 0 aliphatic heterocycles. The van der Waals surface area contributed by atoms with E-state index in [1.807, 2.05) is 12.1 Å². The first-order chi connectivity index (χ1) is 7.08. The van der Waals surface area contributed by atoms with E-state index >= 15 is 0 Å². The van der Waals surface area contributed by atoms with Gasteiger partial charge >= 0.3 is 0 Å². The number of hydrogen-bond donors (Lipinski definition) is 1. The summed E-state index contributed by atoms with van der Waals surface area (Å²) in [6.45, 7) is 3.84. The molecule has 0 heterocycles. The summed E-state index contributed by atoms with van der Waals surface area (Å²) in [5.41, 5.74) is 2.19. The lowest BCUT2D eigenvalue weighted by atomic mass is 9.99. The number of hydrogen-bond acceptors (Lipinski definition) is 2. The lowest BCUT2D eigenvalue weighted by Crippen LogP contribution is -2.07. The second-order valence-corrected chi connectivity index (χ2v) is 4.09. The van der Waals surface area contributed by atoms with Crippen LogP contribution in [0.3, 0.4) is 0 Å². The van der Waals surface area contributed by atoms with E-state index in [-0.39, 0.29) is 6.10 Å². The molecule has 0 aliphatic carbocycles. The van der Waals surface area contributed by atoms with Crippen molar-refractivity contribution in [3.05, 3.63) is 28.3 Å². The summed E-state index contributed by atoms with van der Waals surface area (Å²) in [5, 5.41) is 10.0. The second-order valence-electron chi connectivity index (χ2n) is 3.65. The van der Waals surface area contributed by atoms with Crippen LogP contribution in [-0.4, -0.2) is 18.3 Å². The van der Waals surface area contributed by atoms with Crippen molar-refractivity contribution >= 4 is 11.6 Å². The highest BCUT2D eigenvalue weighted by Gasteiger charge is 2.11. The van der Waals surface area contributed by atoms with Crippen molar-refractivity contribution in [2.24, 2.45) is 0 Å². The van der Waals surface area contributed by atoms with Gasteiger partial charge in [0.25, 0.3) is 0 Å². The normalized spacial score (nSPS) is 12.6. The number of rotatable bonds is 4. The van der Waals surface area contributed by atoms with E-state index in [1.54, 1.807) is 14.0 Å². The van der Waals surface area contributed by atoms with Crippen molar-refractivity contribution in [3.8, 4) is 5.75 Å². The SMILES string of the molecule is CCc1c(CC(C)O)cc(Cl)cc1OC. The van der Waals surface area contributed by atoms with Gasteiger partial charge < -0.3 is 9.84 Å². The average molecular weight is 229 g/mol. The van der Waals surface area contributed by atoms with Gasteiger partial charge in [-0.3, -0.25) is 0 Å². The van der Waals surface area contributed by atoms with Crippen molar-refractivity contribution in [1.29, 1.82) is 0 Å². The molecule has 2 nitrogen and oxygen atoms in total. The van der Waals surface area contributed by atoms with Gasteiger partial charge in [0.05, 0.1) is 13.2 Å². The molecule has 0 amide bonds. The first-order valence-electron chi connectivity index (χ1n) is 5.11. The Morgan fingerprint density at radius 3 is 2.60 bits per heavy atom. The molecule has 1 aromatic carbocycles. The summed E-state index contributed by atoms with van der Waals surface area (Å²) in [6, 6.07) is 3.71. The zero-order chi connectivity index (χ0) is 11.4. The van der Waals surface area contributed by atoms with E-state index in [1.165, 1.54) is 0 Å². The van der Waals surface area contributed by atoms with Crippen molar-refractivity contribution < 1.29 is 9.84 Å². The summed E-state index contributed by atoms with van der Waals surface area (Å²) in [5.74, 6) is 0.806. The molecule has 15 heavy (non-hydrogen) atoms. The monoisotopic (exact) mass is 228 g/mol. The maximum atomic E-state index is 9.40. The average Bonchev–Trinajstić information content (AvgIpc) is 2.15. The predicted octanol–water partition coefficient (Wildman–Crippen LogP) is 2.83. The van der Waals surface area contributed by atoms with Gasteiger partial charge in [-0.1, -0.05) is 18.5 Å². The Balaban J connectivity index is 3.16. The molecule has 0 aliphatic rings. The third kappa shape index (κ3) is 3.11. The molecule has 3 heteroatoms. The van der Waals surface area contributed by atoms with E-state index in [0.29, 0.717) is 11.4 Å². The number of halogens is 1. The van der Waals surface area contributed by atoms with Gasteiger partial charge in [0, 0.05) is 5.02 Å². The van der Waals surface area contributed by atoms with E-state index in [4.69, 9.17) is 16.3 Å². The zero-order valence-electron chi connectivity index (χ0n) is 9.38. The van der Waals surface area contributed by atoms with E-state index in [9.17, 15) is 5.11 Å². The molecular formula is C12H17ClO2. The Bertz CT molecular complexity index is 335. The third-order valence-corrected chi connectivity index (χ3v) is 2.57.